The van der Waals surface area contributed by atoms with Crippen LogP contribution in [0.5, 0.6) is 0 Å². The number of aromatic nitrogens is 3. The largest absolute Gasteiger partial charge is 0.341 e. The number of hydrogen-bond acceptors (Lipinski definition) is 5. The van der Waals surface area contributed by atoms with E-state index in [2.05, 4.69) is 22.0 Å². The highest BCUT2D eigenvalue weighted by molar-refractivity contribution is 7.15. The van der Waals surface area contributed by atoms with E-state index in [0.29, 0.717) is 29.1 Å². The molecule has 1 aliphatic rings. The molecule has 28 heavy (non-hydrogen) atoms. The van der Waals surface area contributed by atoms with Crippen LogP contribution >= 0.6 is 11.3 Å². The zero-order valence-electron chi connectivity index (χ0n) is 14.9. The first-order valence-corrected chi connectivity index (χ1v) is 9.72. The highest BCUT2D eigenvalue weighted by Gasteiger charge is 2.46. The Labute approximate surface area is 164 Å². The topological polar surface area (TPSA) is 85.3 Å². The molecule has 3 heterocycles. The van der Waals surface area contributed by atoms with Gasteiger partial charge in [-0.15, -0.1) is 11.3 Å². The van der Waals surface area contributed by atoms with Gasteiger partial charge in [-0.25, -0.2) is 18.3 Å². The number of hydrogen-bond donors (Lipinski definition) is 2. The first-order chi connectivity index (χ1) is 13.4. The van der Waals surface area contributed by atoms with Crippen molar-refractivity contribution >= 4 is 29.0 Å². The number of fused-ring (bicyclic) bond motifs is 1. The molecule has 9 heteroatoms. The highest BCUT2D eigenvalue weighted by Crippen LogP contribution is 2.35. The van der Waals surface area contributed by atoms with Crippen molar-refractivity contribution in [2.45, 2.75) is 37.3 Å². The number of nitrogens with one attached hydrogen (secondary N) is 1. The van der Waals surface area contributed by atoms with Gasteiger partial charge in [-0.05, 0) is 31.0 Å². The minimum atomic E-state index is -3.01. The molecule has 146 valence electrons. The zero-order valence-corrected chi connectivity index (χ0v) is 15.8. The van der Waals surface area contributed by atoms with Gasteiger partial charge in [-0.1, -0.05) is 12.7 Å². The van der Waals surface area contributed by atoms with Crippen LogP contribution in [0.25, 0.3) is 23.0 Å². The summed E-state index contributed by atoms with van der Waals surface area (Å²) in [4.78, 5) is 18.0. The summed E-state index contributed by atoms with van der Waals surface area (Å²) in [7, 11) is 0. The van der Waals surface area contributed by atoms with Gasteiger partial charge in [0.1, 0.15) is 6.04 Å². The van der Waals surface area contributed by atoms with E-state index in [0.717, 1.165) is 10.4 Å². The molecule has 0 aliphatic heterocycles. The number of carbonyl (C=O) groups excluding carboxylic acids is 1. The van der Waals surface area contributed by atoms with Gasteiger partial charge in [0, 0.05) is 29.1 Å². The van der Waals surface area contributed by atoms with E-state index in [1.807, 2.05) is 6.07 Å². The lowest BCUT2D eigenvalue weighted by Gasteiger charge is -2.36. The first kappa shape index (κ1) is 18.7. The lowest BCUT2D eigenvalue weighted by Crippen LogP contribution is -2.59. The smallest absolute Gasteiger partial charge is 0.269 e. The van der Waals surface area contributed by atoms with E-state index in [9.17, 15) is 13.6 Å². The maximum Gasteiger partial charge on any atom is 0.269 e. The van der Waals surface area contributed by atoms with Gasteiger partial charge in [0.2, 0.25) is 0 Å². The summed E-state index contributed by atoms with van der Waals surface area (Å²) >= 11 is 1.18. The Morgan fingerprint density at radius 3 is 3.07 bits per heavy atom. The van der Waals surface area contributed by atoms with Crippen LogP contribution in [0.15, 0.2) is 37.2 Å². The Morgan fingerprint density at radius 1 is 1.50 bits per heavy atom. The Morgan fingerprint density at radius 2 is 2.32 bits per heavy atom. The molecule has 0 spiro atoms. The van der Waals surface area contributed by atoms with E-state index >= 15 is 0 Å². The molecule has 6 nitrogen and oxygen atoms in total. The van der Waals surface area contributed by atoms with E-state index in [1.54, 1.807) is 35.1 Å². The Kier molecular flexibility index (Phi) is 4.72. The van der Waals surface area contributed by atoms with Gasteiger partial charge < -0.3 is 11.1 Å². The predicted octanol–water partition coefficient (Wildman–Crippen LogP) is 3.35. The average Bonchev–Trinajstić information content (AvgIpc) is 3.28. The molecule has 0 unspecified atom stereocenters. The number of nitrogens with two attached hydrogens (primary N) is 1. The van der Waals surface area contributed by atoms with E-state index in [-0.39, 0.29) is 6.42 Å². The van der Waals surface area contributed by atoms with Crippen LogP contribution in [-0.2, 0) is 0 Å². The third kappa shape index (κ3) is 3.20. The second-order valence-electron chi connectivity index (χ2n) is 6.80. The van der Waals surface area contributed by atoms with Crippen molar-refractivity contribution in [1.82, 2.24) is 19.9 Å². The van der Waals surface area contributed by atoms with E-state index < -0.39 is 23.9 Å². The molecule has 3 N–H and O–H groups in total. The maximum atomic E-state index is 14.2. The van der Waals surface area contributed by atoms with Crippen LogP contribution in [0, 0.1) is 0 Å². The fourth-order valence-electron chi connectivity index (χ4n) is 3.52. The molecule has 0 aromatic carbocycles. The summed E-state index contributed by atoms with van der Waals surface area (Å²) in [5.41, 5.74) is 7.93. The minimum Gasteiger partial charge on any atom is -0.341 e. The van der Waals surface area contributed by atoms with Crippen molar-refractivity contribution in [2.75, 3.05) is 0 Å². The molecule has 3 aromatic heterocycles. The molecule has 4 rings (SSSR count). The molecular weight excluding hydrogens is 384 g/mol. The normalized spacial score (nSPS) is 21.5. The number of halogens is 2. The summed E-state index contributed by atoms with van der Waals surface area (Å²) in [6, 6.07) is 3.11. The molecule has 0 radical (unpaired) electrons. The number of alkyl halides is 2. The number of carbonyl (C=O) groups is 1. The minimum absolute atomic E-state index is 0.271. The maximum absolute atomic E-state index is 14.2. The van der Waals surface area contributed by atoms with Crippen molar-refractivity contribution in [2.24, 2.45) is 5.73 Å². The number of amides is 1. The average molecular weight is 403 g/mol. The molecule has 1 saturated carbocycles. The second kappa shape index (κ2) is 7.06. The Balaban J connectivity index is 1.66. The van der Waals surface area contributed by atoms with Gasteiger partial charge in [0.25, 0.3) is 11.8 Å². The monoisotopic (exact) mass is 403 g/mol. The van der Waals surface area contributed by atoms with Gasteiger partial charge in [0.15, 0.2) is 5.65 Å². The molecule has 1 aliphatic carbocycles. The number of nitrogens with zero attached hydrogens (tertiary/aromatic N) is 3. The van der Waals surface area contributed by atoms with Crippen molar-refractivity contribution in [3.05, 3.63) is 46.9 Å². The van der Waals surface area contributed by atoms with E-state index in [1.165, 1.54) is 11.3 Å². The molecule has 1 amide bonds. The lowest BCUT2D eigenvalue weighted by molar-refractivity contribution is -0.0674. The standard InChI is InChI=1S/C19H19F2N5OS/c1-2-14-11(13-10-23-16-6-4-8-24-26(13)16)9-15(28-14)18(27)25-17-12(22)5-3-7-19(17,20)21/h2,4,6,8-10,12,17H,1,3,5,7,22H2,(H,25,27)/t12-,17-/m1/s1. The van der Waals surface area contributed by atoms with Gasteiger partial charge >= 0.3 is 0 Å². The lowest BCUT2D eigenvalue weighted by atomic mass is 9.87. The molecule has 0 saturated heterocycles. The van der Waals surface area contributed by atoms with Crippen LogP contribution < -0.4 is 11.1 Å². The SMILES string of the molecule is C=Cc1sc(C(=O)N[C@@H]2[C@H](N)CCCC2(F)F)cc1-c1cnc2cccnn12. The molecule has 0 bridgehead atoms. The number of rotatable bonds is 4. The summed E-state index contributed by atoms with van der Waals surface area (Å²) in [5.74, 6) is -3.58. The second-order valence-corrected chi connectivity index (χ2v) is 7.88. The van der Waals surface area contributed by atoms with Crippen LogP contribution in [0.2, 0.25) is 0 Å². The van der Waals surface area contributed by atoms with Crippen molar-refractivity contribution in [3.63, 3.8) is 0 Å². The fourth-order valence-corrected chi connectivity index (χ4v) is 4.44. The third-order valence-corrected chi connectivity index (χ3v) is 6.07. The molecule has 1 fully saturated rings. The van der Waals surface area contributed by atoms with Gasteiger partial charge in [-0.3, -0.25) is 4.79 Å². The van der Waals surface area contributed by atoms with Crippen LogP contribution in [0.1, 0.15) is 33.8 Å². The van der Waals surface area contributed by atoms with Crippen molar-refractivity contribution in [1.29, 1.82) is 0 Å². The molecule has 2 atom stereocenters. The van der Waals surface area contributed by atoms with Crippen LogP contribution in [0.3, 0.4) is 0 Å². The van der Waals surface area contributed by atoms with E-state index in [4.69, 9.17) is 5.73 Å². The van der Waals surface area contributed by atoms with Crippen LogP contribution in [-0.4, -0.2) is 38.5 Å². The number of thiophene rings is 1. The van der Waals surface area contributed by atoms with Gasteiger partial charge in [-0.2, -0.15) is 5.10 Å². The summed E-state index contributed by atoms with van der Waals surface area (Å²) < 4.78 is 30.1. The molecular formula is C19H19F2N5OS. The summed E-state index contributed by atoms with van der Waals surface area (Å²) in [6.07, 6.45) is 5.46. The summed E-state index contributed by atoms with van der Waals surface area (Å²) in [5, 5.41) is 6.72. The highest BCUT2D eigenvalue weighted by atomic mass is 32.1. The Hall–Kier alpha value is -2.65. The first-order valence-electron chi connectivity index (χ1n) is 8.90. The predicted molar refractivity (Wildman–Crippen MR) is 104 cm³/mol. The quantitative estimate of drug-likeness (QED) is 0.700. The fraction of sp³-hybridized carbons (Fsp3) is 0.316. The Bertz CT molecular complexity index is 1040. The number of imidazole rings is 1. The van der Waals surface area contributed by atoms with Crippen molar-refractivity contribution in [3.8, 4) is 11.3 Å². The van der Waals surface area contributed by atoms with Crippen LogP contribution in [0.4, 0.5) is 8.78 Å². The zero-order chi connectivity index (χ0) is 19.9. The van der Waals surface area contributed by atoms with Crippen molar-refractivity contribution < 1.29 is 13.6 Å². The third-order valence-electron chi connectivity index (χ3n) is 4.94. The molecule has 3 aromatic rings. The van der Waals surface area contributed by atoms with Gasteiger partial charge in [0.05, 0.1) is 16.8 Å². The summed E-state index contributed by atoms with van der Waals surface area (Å²) in [6.45, 7) is 3.79.